The highest BCUT2D eigenvalue weighted by atomic mass is 16.5. The number of hydrogen-bond donors (Lipinski definition) is 1. The Bertz CT molecular complexity index is 715. The van der Waals surface area contributed by atoms with E-state index in [4.69, 9.17) is 9.26 Å². The lowest BCUT2D eigenvalue weighted by atomic mass is 10.1. The number of rotatable bonds is 5. The van der Waals surface area contributed by atoms with Crippen molar-refractivity contribution >= 4 is 17.3 Å². The number of anilines is 2. The van der Waals surface area contributed by atoms with Crippen LogP contribution in [0.2, 0.25) is 0 Å². The van der Waals surface area contributed by atoms with Crippen LogP contribution in [0.25, 0.3) is 0 Å². The predicted molar refractivity (Wildman–Crippen MR) is 89.6 cm³/mol. The second kappa shape index (κ2) is 7.00. The third-order valence-electron chi connectivity index (χ3n) is 4.03. The van der Waals surface area contributed by atoms with Crippen LogP contribution in [0.3, 0.4) is 0 Å². The van der Waals surface area contributed by atoms with E-state index in [1.54, 1.807) is 0 Å². The molecule has 1 N–H and O–H groups in total. The fraction of sp³-hybridized carbons (Fsp3) is 0.471. The summed E-state index contributed by atoms with van der Waals surface area (Å²) in [7, 11) is 0. The molecule has 2 aromatic rings. The molecule has 2 atom stereocenters. The van der Waals surface area contributed by atoms with Gasteiger partial charge in [0.05, 0.1) is 23.8 Å². The molecule has 0 aliphatic carbocycles. The second-order valence-corrected chi connectivity index (χ2v) is 5.93. The number of hydrogen-bond acceptors (Lipinski definition) is 6. The summed E-state index contributed by atoms with van der Waals surface area (Å²) in [5.41, 5.74) is 1.75. The van der Waals surface area contributed by atoms with Gasteiger partial charge in [0.1, 0.15) is 6.10 Å². The number of nitrogens with one attached hydrogen (secondary N) is 1. The Morgan fingerprint density at radius 1 is 1.46 bits per heavy atom. The summed E-state index contributed by atoms with van der Waals surface area (Å²) in [6.45, 7) is 7.35. The number of fused-ring (bicyclic) bond motifs is 1. The van der Waals surface area contributed by atoms with E-state index < -0.39 is 0 Å². The fourth-order valence-electron chi connectivity index (χ4n) is 2.76. The van der Waals surface area contributed by atoms with Crippen LogP contribution in [0.15, 0.2) is 28.8 Å². The first-order valence-electron chi connectivity index (χ1n) is 8.17. The lowest BCUT2D eigenvalue weighted by Gasteiger charge is -2.23. The van der Waals surface area contributed by atoms with E-state index in [9.17, 15) is 4.79 Å². The number of benzene rings is 1. The molecule has 0 fully saturated rings. The lowest BCUT2D eigenvalue weighted by Crippen LogP contribution is -2.30. The van der Waals surface area contributed by atoms with Crippen molar-refractivity contribution in [3.05, 3.63) is 36.0 Å². The quantitative estimate of drug-likeness (QED) is 0.908. The summed E-state index contributed by atoms with van der Waals surface area (Å²) in [4.78, 5) is 18.6. The van der Waals surface area contributed by atoms with Crippen LogP contribution in [0.1, 0.15) is 38.6 Å². The Morgan fingerprint density at radius 3 is 3.04 bits per heavy atom. The third kappa shape index (κ3) is 3.41. The van der Waals surface area contributed by atoms with Gasteiger partial charge in [-0.05, 0) is 26.0 Å². The Balaban J connectivity index is 1.82. The van der Waals surface area contributed by atoms with Gasteiger partial charge in [-0.2, -0.15) is 4.98 Å². The average molecular weight is 330 g/mol. The smallest absolute Gasteiger partial charge is 0.246 e. The SMILES string of the molecule is CCOC(C)c1noc(CN2CC(C)C(=O)Nc3ccccc32)n1. The summed E-state index contributed by atoms with van der Waals surface area (Å²) in [6.07, 6.45) is -0.203. The zero-order chi connectivity index (χ0) is 17.1. The van der Waals surface area contributed by atoms with E-state index in [2.05, 4.69) is 20.4 Å². The number of ether oxygens (including phenoxy) is 1. The maximum atomic E-state index is 12.1. The molecule has 1 aliphatic rings. The van der Waals surface area contributed by atoms with Gasteiger partial charge in [0.2, 0.25) is 11.8 Å². The zero-order valence-electron chi connectivity index (χ0n) is 14.2. The molecular weight excluding hydrogens is 308 g/mol. The normalized spacial score (nSPS) is 18.7. The molecular formula is C17H22N4O3. The van der Waals surface area contributed by atoms with E-state index in [0.29, 0.717) is 31.4 Å². The molecule has 2 heterocycles. The fourth-order valence-corrected chi connectivity index (χ4v) is 2.76. The molecule has 0 spiro atoms. The van der Waals surface area contributed by atoms with Gasteiger partial charge in [-0.15, -0.1) is 0 Å². The molecule has 0 bridgehead atoms. The maximum Gasteiger partial charge on any atom is 0.246 e. The molecule has 2 unspecified atom stereocenters. The van der Waals surface area contributed by atoms with Crippen LogP contribution in [-0.2, 0) is 16.1 Å². The number of aromatic nitrogens is 2. The van der Waals surface area contributed by atoms with Crippen molar-refractivity contribution in [2.45, 2.75) is 33.4 Å². The number of para-hydroxylation sites is 2. The van der Waals surface area contributed by atoms with Crippen LogP contribution in [0, 0.1) is 5.92 Å². The molecule has 24 heavy (non-hydrogen) atoms. The molecule has 1 aromatic carbocycles. The molecule has 1 amide bonds. The first kappa shape index (κ1) is 16.4. The monoisotopic (exact) mass is 330 g/mol. The van der Waals surface area contributed by atoms with Crippen molar-refractivity contribution in [3.63, 3.8) is 0 Å². The van der Waals surface area contributed by atoms with Crippen molar-refractivity contribution in [2.75, 3.05) is 23.4 Å². The molecule has 128 valence electrons. The summed E-state index contributed by atoms with van der Waals surface area (Å²) in [5, 5.41) is 6.95. The lowest BCUT2D eigenvalue weighted by molar-refractivity contribution is -0.119. The molecule has 7 nitrogen and oxygen atoms in total. The van der Waals surface area contributed by atoms with Gasteiger partial charge in [-0.3, -0.25) is 4.79 Å². The van der Waals surface area contributed by atoms with Crippen LogP contribution in [-0.4, -0.2) is 29.2 Å². The number of carbonyl (C=O) groups excluding carboxylic acids is 1. The van der Waals surface area contributed by atoms with Gasteiger partial charge in [0.25, 0.3) is 0 Å². The van der Waals surface area contributed by atoms with Crippen molar-refractivity contribution in [1.29, 1.82) is 0 Å². The van der Waals surface area contributed by atoms with Gasteiger partial charge in [0, 0.05) is 13.2 Å². The van der Waals surface area contributed by atoms with Gasteiger partial charge >= 0.3 is 0 Å². The molecule has 0 saturated heterocycles. The Kier molecular flexibility index (Phi) is 4.80. The number of amides is 1. The number of carbonyl (C=O) groups is 1. The summed E-state index contributed by atoms with van der Waals surface area (Å²) < 4.78 is 10.8. The van der Waals surface area contributed by atoms with Gasteiger partial charge < -0.3 is 19.5 Å². The largest absolute Gasteiger partial charge is 0.371 e. The highest BCUT2D eigenvalue weighted by Gasteiger charge is 2.26. The maximum absolute atomic E-state index is 12.1. The highest BCUT2D eigenvalue weighted by molar-refractivity contribution is 5.97. The Hall–Kier alpha value is -2.41. The molecule has 1 aliphatic heterocycles. The minimum Gasteiger partial charge on any atom is -0.371 e. The predicted octanol–water partition coefficient (Wildman–Crippen LogP) is 2.76. The molecule has 0 saturated carbocycles. The molecule has 0 radical (unpaired) electrons. The minimum atomic E-state index is -0.203. The molecule has 1 aromatic heterocycles. The van der Waals surface area contributed by atoms with Crippen molar-refractivity contribution in [3.8, 4) is 0 Å². The average Bonchev–Trinajstić information content (AvgIpc) is 2.99. The molecule has 3 rings (SSSR count). The second-order valence-electron chi connectivity index (χ2n) is 5.93. The van der Waals surface area contributed by atoms with E-state index >= 15 is 0 Å². The summed E-state index contributed by atoms with van der Waals surface area (Å²) >= 11 is 0. The minimum absolute atomic E-state index is 0.0149. The van der Waals surface area contributed by atoms with Crippen LogP contribution in [0.4, 0.5) is 11.4 Å². The number of nitrogens with zero attached hydrogens (tertiary/aromatic N) is 3. The van der Waals surface area contributed by atoms with E-state index in [-0.39, 0.29) is 17.9 Å². The summed E-state index contributed by atoms with van der Waals surface area (Å²) in [6, 6.07) is 7.73. The Morgan fingerprint density at radius 2 is 2.25 bits per heavy atom. The van der Waals surface area contributed by atoms with Crippen molar-refractivity contribution in [2.24, 2.45) is 5.92 Å². The standard InChI is InChI=1S/C17H22N4O3/c1-4-23-12(3)16-19-15(24-20-16)10-21-9-11(2)17(22)18-13-7-5-6-8-14(13)21/h5-8,11-12H,4,9-10H2,1-3H3,(H,18,22). The van der Waals surface area contributed by atoms with Crippen molar-refractivity contribution in [1.82, 2.24) is 10.1 Å². The highest BCUT2D eigenvalue weighted by Crippen LogP contribution is 2.30. The zero-order valence-corrected chi connectivity index (χ0v) is 14.2. The van der Waals surface area contributed by atoms with Gasteiger partial charge in [-0.25, -0.2) is 0 Å². The van der Waals surface area contributed by atoms with Crippen LogP contribution >= 0.6 is 0 Å². The van der Waals surface area contributed by atoms with Gasteiger partial charge in [0.15, 0.2) is 5.82 Å². The first-order chi connectivity index (χ1) is 11.6. The van der Waals surface area contributed by atoms with Gasteiger partial charge in [-0.1, -0.05) is 24.2 Å². The van der Waals surface area contributed by atoms with E-state index in [1.165, 1.54) is 0 Å². The van der Waals surface area contributed by atoms with E-state index in [0.717, 1.165) is 11.4 Å². The van der Waals surface area contributed by atoms with Crippen LogP contribution < -0.4 is 10.2 Å². The Labute approximate surface area is 141 Å². The van der Waals surface area contributed by atoms with Crippen LogP contribution in [0.5, 0.6) is 0 Å². The van der Waals surface area contributed by atoms with Crippen molar-refractivity contribution < 1.29 is 14.1 Å². The first-order valence-corrected chi connectivity index (χ1v) is 8.17. The summed E-state index contributed by atoms with van der Waals surface area (Å²) in [5.74, 6) is 0.924. The van der Waals surface area contributed by atoms with E-state index in [1.807, 2.05) is 45.0 Å². The third-order valence-corrected chi connectivity index (χ3v) is 4.03. The topological polar surface area (TPSA) is 80.5 Å². The molecule has 7 heteroatoms.